The fourth-order valence-corrected chi connectivity index (χ4v) is 1.77. The summed E-state index contributed by atoms with van der Waals surface area (Å²) >= 11 is 5.01. The number of methoxy groups -OCH3 is 1. The van der Waals surface area contributed by atoms with Gasteiger partial charge in [0.1, 0.15) is 5.82 Å². The second-order valence-corrected chi connectivity index (χ2v) is 4.10. The molecule has 0 aliphatic heterocycles. The molecule has 0 unspecified atom stereocenters. The van der Waals surface area contributed by atoms with E-state index in [1.807, 2.05) is 12.1 Å². The number of aryl methyl sites for hydroxylation is 1. The van der Waals surface area contributed by atoms with Crippen molar-refractivity contribution in [3.8, 4) is 17.4 Å². The van der Waals surface area contributed by atoms with Crippen LogP contribution in [0.2, 0.25) is 0 Å². The Morgan fingerprint density at radius 1 is 1.24 bits per heavy atom. The van der Waals surface area contributed by atoms with Gasteiger partial charge in [0.05, 0.1) is 7.11 Å². The van der Waals surface area contributed by atoms with E-state index in [-0.39, 0.29) is 4.77 Å². The number of hydrogen-bond donors (Lipinski definition) is 1. The van der Waals surface area contributed by atoms with E-state index >= 15 is 0 Å². The molecule has 17 heavy (non-hydrogen) atoms. The monoisotopic (exact) mass is 247 g/mol. The number of aromatic nitrogens is 3. The minimum atomic E-state index is 0.275. The Kier molecular flexibility index (Phi) is 3.19. The molecular formula is C12H13N3OS. The number of hydrogen-bond acceptors (Lipinski definition) is 4. The largest absolute Gasteiger partial charge is 0.468 e. The van der Waals surface area contributed by atoms with Crippen molar-refractivity contribution in [1.82, 2.24) is 15.0 Å². The molecule has 0 radical (unpaired) electrons. The molecule has 0 saturated carbocycles. The molecule has 0 spiro atoms. The summed E-state index contributed by atoms with van der Waals surface area (Å²) < 4.78 is 5.33. The summed E-state index contributed by atoms with van der Waals surface area (Å²) in [5.41, 5.74) is 3.38. The predicted octanol–water partition coefficient (Wildman–Crippen LogP) is 2.83. The highest BCUT2D eigenvalue weighted by Crippen LogP contribution is 2.22. The molecule has 1 aromatic heterocycles. The molecule has 88 valence electrons. The first kappa shape index (κ1) is 11.7. The summed E-state index contributed by atoms with van der Waals surface area (Å²) in [6.45, 7) is 4.11. The molecular weight excluding hydrogens is 234 g/mol. The molecule has 0 atom stereocenters. The first-order valence-corrected chi connectivity index (χ1v) is 5.61. The van der Waals surface area contributed by atoms with E-state index < -0.39 is 0 Å². The van der Waals surface area contributed by atoms with Crippen LogP contribution in [0.3, 0.4) is 0 Å². The van der Waals surface area contributed by atoms with E-state index in [4.69, 9.17) is 17.0 Å². The summed E-state index contributed by atoms with van der Waals surface area (Å²) in [5.74, 6) is 0.683. The van der Waals surface area contributed by atoms with E-state index in [0.717, 1.165) is 5.56 Å². The first-order valence-electron chi connectivity index (χ1n) is 5.20. The van der Waals surface area contributed by atoms with Gasteiger partial charge in [-0.15, -0.1) is 0 Å². The SMILES string of the molecule is COc1nc(=S)nc(-c2cccc(C)c2C)[nH]1. The quantitative estimate of drug-likeness (QED) is 0.829. The molecule has 5 heteroatoms. The van der Waals surface area contributed by atoms with Gasteiger partial charge in [0.2, 0.25) is 4.77 Å². The smallest absolute Gasteiger partial charge is 0.297 e. The van der Waals surface area contributed by atoms with E-state index in [9.17, 15) is 0 Å². The van der Waals surface area contributed by atoms with Gasteiger partial charge in [0.15, 0.2) is 0 Å². The highest BCUT2D eigenvalue weighted by Gasteiger charge is 2.07. The molecule has 0 amide bonds. The highest BCUT2D eigenvalue weighted by atomic mass is 32.1. The third-order valence-electron chi connectivity index (χ3n) is 2.68. The maximum atomic E-state index is 5.05. The van der Waals surface area contributed by atoms with Crippen LogP contribution in [0.15, 0.2) is 18.2 Å². The van der Waals surface area contributed by atoms with Gasteiger partial charge in [-0.1, -0.05) is 18.2 Å². The van der Waals surface area contributed by atoms with Gasteiger partial charge < -0.3 is 4.74 Å². The average Bonchev–Trinajstić information content (AvgIpc) is 2.31. The number of benzene rings is 1. The molecule has 4 nitrogen and oxygen atoms in total. The van der Waals surface area contributed by atoms with Gasteiger partial charge in [0, 0.05) is 5.56 Å². The zero-order chi connectivity index (χ0) is 12.4. The molecule has 2 rings (SSSR count). The third-order valence-corrected chi connectivity index (χ3v) is 2.87. The standard InChI is InChI=1S/C12H13N3OS/c1-7-5-4-6-9(8(7)2)10-13-11(16-3)15-12(17)14-10/h4-6H,1-3H3,(H,13,14,15,17). The fraction of sp³-hybridized carbons (Fsp3) is 0.250. The van der Waals surface area contributed by atoms with Crippen LogP contribution < -0.4 is 4.74 Å². The summed E-state index contributed by atoms with van der Waals surface area (Å²) in [5, 5.41) is 0. The van der Waals surface area contributed by atoms with Gasteiger partial charge in [-0.05, 0) is 37.2 Å². The van der Waals surface area contributed by atoms with E-state index in [1.165, 1.54) is 11.1 Å². The van der Waals surface area contributed by atoms with Crippen LogP contribution in [-0.4, -0.2) is 22.1 Å². The maximum absolute atomic E-state index is 5.05. The Morgan fingerprint density at radius 3 is 2.71 bits per heavy atom. The lowest BCUT2D eigenvalue weighted by atomic mass is 10.0. The van der Waals surface area contributed by atoms with Crippen LogP contribution in [0.25, 0.3) is 11.4 Å². The van der Waals surface area contributed by atoms with Crippen molar-refractivity contribution >= 4 is 12.2 Å². The van der Waals surface area contributed by atoms with Crippen LogP contribution in [-0.2, 0) is 0 Å². The molecule has 0 fully saturated rings. The van der Waals surface area contributed by atoms with Crippen molar-refractivity contribution in [2.75, 3.05) is 7.11 Å². The lowest BCUT2D eigenvalue weighted by Crippen LogP contribution is -1.99. The Labute approximate surface area is 105 Å². The average molecular weight is 247 g/mol. The molecule has 0 aliphatic carbocycles. The molecule has 0 saturated heterocycles. The number of nitrogens with zero attached hydrogens (tertiary/aromatic N) is 2. The lowest BCUT2D eigenvalue weighted by Gasteiger charge is -2.08. The molecule has 0 bridgehead atoms. The first-order chi connectivity index (χ1) is 8.11. The third kappa shape index (κ3) is 2.34. The maximum Gasteiger partial charge on any atom is 0.297 e. The van der Waals surface area contributed by atoms with Crippen molar-refractivity contribution < 1.29 is 4.74 Å². The van der Waals surface area contributed by atoms with Crippen LogP contribution >= 0.6 is 12.2 Å². The molecule has 1 heterocycles. The van der Waals surface area contributed by atoms with Crippen LogP contribution in [0.1, 0.15) is 11.1 Å². The van der Waals surface area contributed by atoms with E-state index in [1.54, 1.807) is 7.11 Å². The predicted molar refractivity (Wildman–Crippen MR) is 68.7 cm³/mol. The van der Waals surface area contributed by atoms with Gasteiger partial charge >= 0.3 is 0 Å². The molecule has 0 aliphatic rings. The van der Waals surface area contributed by atoms with Crippen LogP contribution in [0, 0.1) is 18.6 Å². The summed E-state index contributed by atoms with van der Waals surface area (Å²) in [4.78, 5) is 11.2. The second kappa shape index (κ2) is 4.63. The molecule has 1 aromatic carbocycles. The number of ether oxygens (including phenoxy) is 1. The number of H-pyrrole nitrogens is 1. The minimum Gasteiger partial charge on any atom is -0.468 e. The molecule has 1 N–H and O–H groups in total. The lowest BCUT2D eigenvalue weighted by molar-refractivity contribution is 0.378. The summed E-state index contributed by atoms with van der Waals surface area (Å²) in [6, 6.07) is 6.42. The number of rotatable bonds is 2. The number of aromatic amines is 1. The zero-order valence-electron chi connectivity index (χ0n) is 9.94. The van der Waals surface area contributed by atoms with Crippen molar-refractivity contribution in [1.29, 1.82) is 0 Å². The van der Waals surface area contributed by atoms with Crippen molar-refractivity contribution in [2.45, 2.75) is 13.8 Å². The van der Waals surface area contributed by atoms with Crippen LogP contribution in [0.4, 0.5) is 0 Å². The van der Waals surface area contributed by atoms with Gasteiger partial charge in [-0.3, -0.25) is 4.98 Å². The van der Waals surface area contributed by atoms with Gasteiger partial charge in [0.25, 0.3) is 6.01 Å². The van der Waals surface area contributed by atoms with Gasteiger partial charge in [-0.25, -0.2) is 4.98 Å². The number of nitrogens with one attached hydrogen (secondary N) is 1. The normalized spacial score (nSPS) is 10.3. The van der Waals surface area contributed by atoms with Crippen LogP contribution in [0.5, 0.6) is 6.01 Å². The minimum absolute atomic E-state index is 0.275. The highest BCUT2D eigenvalue weighted by molar-refractivity contribution is 7.71. The van der Waals surface area contributed by atoms with Crippen molar-refractivity contribution in [2.24, 2.45) is 0 Å². The molecule has 2 aromatic rings. The second-order valence-electron chi connectivity index (χ2n) is 3.74. The van der Waals surface area contributed by atoms with Crippen molar-refractivity contribution in [3.63, 3.8) is 0 Å². The Bertz CT molecular complexity index is 607. The summed E-state index contributed by atoms with van der Waals surface area (Å²) in [7, 11) is 1.54. The Hall–Kier alpha value is -1.75. The topological polar surface area (TPSA) is 50.8 Å². The zero-order valence-corrected chi connectivity index (χ0v) is 10.8. The van der Waals surface area contributed by atoms with Gasteiger partial charge in [-0.2, -0.15) is 4.98 Å². The Balaban J connectivity index is 2.64. The van der Waals surface area contributed by atoms with E-state index in [0.29, 0.717) is 11.8 Å². The summed E-state index contributed by atoms with van der Waals surface area (Å²) in [6.07, 6.45) is 0. The van der Waals surface area contributed by atoms with Crippen molar-refractivity contribution in [3.05, 3.63) is 34.1 Å². The fourth-order valence-electron chi connectivity index (χ4n) is 1.60. The Morgan fingerprint density at radius 2 is 2.00 bits per heavy atom. The van der Waals surface area contributed by atoms with E-state index in [2.05, 4.69) is 34.9 Å².